The van der Waals surface area contributed by atoms with Crippen LogP contribution in [0.3, 0.4) is 0 Å². The maximum absolute atomic E-state index is 14.4. The van der Waals surface area contributed by atoms with E-state index in [9.17, 15) is 23.1 Å². The van der Waals surface area contributed by atoms with Crippen molar-refractivity contribution >= 4 is 39.1 Å². The van der Waals surface area contributed by atoms with Crippen LogP contribution in [0.4, 0.5) is 4.79 Å². The summed E-state index contributed by atoms with van der Waals surface area (Å²) in [6.07, 6.45) is 2.52. The standard InChI is InChI=1S/C40H50N6O6S/c1-5-29(4)38(46-21-20-44(40(46)49)26-32-15-18-35-33(22-32)12-9-19-41-35)39(48)43-36(23-30-10-7-6-8-11-30)37(47)27-45(25-28(2)3)53(51,52)34-16-13-31(14-17-34)24-42-50/h6-19,22,24,28-29,36-38,47,50H,5,20-21,23,25-27H2,1-4H3,(H,43,48)/t29-,36-,37-,38-/m0/s1. The lowest BCUT2D eigenvalue weighted by atomic mass is 9.95. The van der Waals surface area contributed by atoms with Crippen molar-refractivity contribution in [3.8, 4) is 0 Å². The van der Waals surface area contributed by atoms with E-state index >= 15 is 0 Å². The maximum Gasteiger partial charge on any atom is 0.321 e. The topological polar surface area (TPSA) is 156 Å². The summed E-state index contributed by atoms with van der Waals surface area (Å²) in [5.74, 6) is -0.660. The highest BCUT2D eigenvalue weighted by molar-refractivity contribution is 7.89. The van der Waals surface area contributed by atoms with Gasteiger partial charge < -0.3 is 25.4 Å². The summed E-state index contributed by atoms with van der Waals surface area (Å²) >= 11 is 0. The number of amides is 3. The third-order valence-corrected chi connectivity index (χ3v) is 11.6. The number of carbonyl (C=O) groups excluding carboxylic acids is 2. The van der Waals surface area contributed by atoms with Gasteiger partial charge in [-0.25, -0.2) is 13.2 Å². The van der Waals surface area contributed by atoms with Crippen LogP contribution in [0, 0.1) is 11.8 Å². The predicted molar refractivity (Wildman–Crippen MR) is 205 cm³/mol. The van der Waals surface area contributed by atoms with Crippen molar-refractivity contribution in [1.82, 2.24) is 24.4 Å². The third-order valence-electron chi connectivity index (χ3n) is 9.73. The summed E-state index contributed by atoms with van der Waals surface area (Å²) in [6, 6.07) is 23.2. The fourth-order valence-electron chi connectivity index (χ4n) is 6.76. The van der Waals surface area contributed by atoms with Crippen LogP contribution in [-0.2, 0) is 27.8 Å². The van der Waals surface area contributed by atoms with Crippen LogP contribution >= 0.6 is 0 Å². The number of urea groups is 1. The number of aliphatic hydroxyl groups excluding tert-OH is 1. The zero-order valence-electron chi connectivity index (χ0n) is 30.7. The average molecular weight is 743 g/mol. The molecule has 282 valence electrons. The first-order valence-electron chi connectivity index (χ1n) is 18.1. The highest BCUT2D eigenvalue weighted by atomic mass is 32.2. The largest absolute Gasteiger partial charge is 0.411 e. The van der Waals surface area contributed by atoms with Crippen molar-refractivity contribution in [2.75, 3.05) is 26.2 Å². The molecule has 1 saturated heterocycles. The lowest BCUT2D eigenvalue weighted by Gasteiger charge is -2.35. The molecule has 4 aromatic rings. The Morgan fingerprint density at radius 1 is 0.981 bits per heavy atom. The van der Waals surface area contributed by atoms with Gasteiger partial charge in [0.1, 0.15) is 6.04 Å². The average Bonchev–Trinajstić information content (AvgIpc) is 3.49. The molecule has 4 atom stereocenters. The molecule has 1 aliphatic rings. The molecule has 1 fully saturated rings. The Hall–Kier alpha value is -4.85. The lowest BCUT2D eigenvalue weighted by Crippen LogP contribution is -2.57. The number of nitrogens with zero attached hydrogens (tertiary/aromatic N) is 5. The van der Waals surface area contributed by atoms with Crippen LogP contribution in [0.15, 0.2) is 101 Å². The smallest absolute Gasteiger partial charge is 0.321 e. The molecule has 0 unspecified atom stereocenters. The first-order chi connectivity index (χ1) is 25.4. The third kappa shape index (κ3) is 9.78. The van der Waals surface area contributed by atoms with Crippen LogP contribution < -0.4 is 5.32 Å². The van der Waals surface area contributed by atoms with Gasteiger partial charge in [0, 0.05) is 44.3 Å². The Kier molecular flexibility index (Phi) is 13.2. The molecule has 0 bridgehead atoms. The molecular weight excluding hydrogens is 693 g/mol. The van der Waals surface area contributed by atoms with Gasteiger partial charge in [-0.15, -0.1) is 0 Å². The molecule has 13 heteroatoms. The van der Waals surface area contributed by atoms with Crippen molar-refractivity contribution < 1.29 is 28.3 Å². The first kappa shape index (κ1) is 39.4. The molecule has 0 saturated carbocycles. The SMILES string of the molecule is CC[C@H](C)[C@@H](C(=O)N[C@@H](Cc1ccccc1)[C@@H](O)CN(CC(C)C)S(=O)(=O)c1ccc(C=NO)cc1)N1CCN(Cc2ccc3ncccc3c2)C1=O. The summed E-state index contributed by atoms with van der Waals surface area (Å²) in [5.41, 5.74) is 3.21. The summed E-state index contributed by atoms with van der Waals surface area (Å²) in [6.45, 7) is 8.76. The number of nitrogens with one attached hydrogen (secondary N) is 1. The molecule has 1 aliphatic heterocycles. The summed E-state index contributed by atoms with van der Waals surface area (Å²) < 4.78 is 29.1. The molecule has 12 nitrogen and oxygen atoms in total. The highest BCUT2D eigenvalue weighted by Crippen LogP contribution is 2.25. The number of pyridine rings is 1. The number of carbonyl (C=O) groups is 2. The van der Waals surface area contributed by atoms with Crippen molar-refractivity contribution in [3.63, 3.8) is 0 Å². The fraction of sp³-hybridized carbons (Fsp3) is 0.400. The Morgan fingerprint density at radius 3 is 2.40 bits per heavy atom. The summed E-state index contributed by atoms with van der Waals surface area (Å²) in [5, 5.41) is 27.8. The minimum Gasteiger partial charge on any atom is -0.411 e. The van der Waals surface area contributed by atoms with Crippen molar-refractivity contribution in [3.05, 3.63) is 108 Å². The Bertz CT molecular complexity index is 1970. The Balaban J connectivity index is 1.37. The number of hydrogen-bond acceptors (Lipinski definition) is 8. The van der Waals surface area contributed by atoms with E-state index in [4.69, 9.17) is 5.21 Å². The number of aromatic nitrogens is 1. The van der Waals surface area contributed by atoms with E-state index in [1.54, 1.807) is 16.0 Å². The molecule has 0 aliphatic carbocycles. The molecule has 1 aromatic heterocycles. The second-order valence-electron chi connectivity index (χ2n) is 14.2. The predicted octanol–water partition coefficient (Wildman–Crippen LogP) is 5.13. The Morgan fingerprint density at radius 2 is 1.72 bits per heavy atom. The molecule has 53 heavy (non-hydrogen) atoms. The monoisotopic (exact) mass is 742 g/mol. The van der Waals surface area contributed by atoms with Gasteiger partial charge in [-0.3, -0.25) is 9.78 Å². The molecule has 3 N–H and O–H groups in total. The quantitative estimate of drug-likeness (QED) is 0.0770. The molecule has 3 aromatic carbocycles. The number of rotatable bonds is 17. The van der Waals surface area contributed by atoms with Gasteiger partial charge in [-0.1, -0.05) is 93.9 Å². The van der Waals surface area contributed by atoms with Gasteiger partial charge in [0.15, 0.2) is 0 Å². The molecule has 0 spiro atoms. The second-order valence-corrected chi connectivity index (χ2v) is 16.1. The molecule has 3 amide bonds. The van der Waals surface area contributed by atoms with Gasteiger partial charge in [-0.05, 0) is 65.3 Å². The fourth-order valence-corrected chi connectivity index (χ4v) is 8.38. The van der Waals surface area contributed by atoms with Crippen LogP contribution in [0.2, 0.25) is 0 Å². The van der Waals surface area contributed by atoms with E-state index in [-0.39, 0.29) is 42.3 Å². The van der Waals surface area contributed by atoms with Gasteiger partial charge in [0.05, 0.1) is 28.8 Å². The van der Waals surface area contributed by atoms with E-state index in [0.717, 1.165) is 22.0 Å². The molecule has 5 rings (SSSR count). The van der Waals surface area contributed by atoms with E-state index in [1.807, 2.05) is 88.4 Å². The number of benzene rings is 3. The van der Waals surface area contributed by atoms with Gasteiger partial charge in [-0.2, -0.15) is 4.31 Å². The number of sulfonamides is 1. The van der Waals surface area contributed by atoms with Crippen molar-refractivity contribution in [2.45, 2.75) is 70.2 Å². The van der Waals surface area contributed by atoms with E-state index < -0.39 is 34.1 Å². The van der Waals surface area contributed by atoms with Gasteiger partial charge in [0.2, 0.25) is 15.9 Å². The minimum absolute atomic E-state index is 0.0263. The van der Waals surface area contributed by atoms with Gasteiger partial charge >= 0.3 is 6.03 Å². The minimum atomic E-state index is -4.06. The molecular formula is C40H50N6O6S. The van der Waals surface area contributed by atoms with Crippen LogP contribution in [0.1, 0.15) is 50.8 Å². The van der Waals surface area contributed by atoms with Crippen LogP contribution in [-0.4, -0.2) is 100 Å². The van der Waals surface area contributed by atoms with E-state index in [1.165, 1.54) is 34.8 Å². The van der Waals surface area contributed by atoms with E-state index in [2.05, 4.69) is 15.5 Å². The van der Waals surface area contributed by atoms with Crippen molar-refractivity contribution in [1.29, 1.82) is 0 Å². The number of aliphatic hydroxyl groups is 1. The number of fused-ring (bicyclic) bond motifs is 1. The molecule has 0 radical (unpaired) electrons. The van der Waals surface area contributed by atoms with Crippen LogP contribution in [0.5, 0.6) is 0 Å². The van der Waals surface area contributed by atoms with Crippen LogP contribution in [0.25, 0.3) is 10.9 Å². The lowest BCUT2D eigenvalue weighted by molar-refractivity contribution is -0.128. The number of hydrogen-bond donors (Lipinski definition) is 3. The molecule has 2 heterocycles. The van der Waals surface area contributed by atoms with Gasteiger partial charge in [0.25, 0.3) is 0 Å². The highest BCUT2D eigenvalue weighted by Gasteiger charge is 2.41. The van der Waals surface area contributed by atoms with Crippen molar-refractivity contribution in [2.24, 2.45) is 17.0 Å². The first-order valence-corrected chi connectivity index (χ1v) is 19.5. The second kappa shape index (κ2) is 17.8. The Labute approximate surface area is 312 Å². The normalized spacial score (nSPS) is 16.1. The summed E-state index contributed by atoms with van der Waals surface area (Å²) in [7, 11) is -4.06. The maximum atomic E-state index is 14.4. The zero-order valence-corrected chi connectivity index (χ0v) is 31.6. The zero-order chi connectivity index (χ0) is 38.1. The number of oxime groups is 1. The van der Waals surface area contributed by atoms with E-state index in [0.29, 0.717) is 31.6 Å². The summed E-state index contributed by atoms with van der Waals surface area (Å²) in [4.78, 5) is 36.1.